The lowest BCUT2D eigenvalue weighted by atomic mass is 10.1. The molecule has 2 atom stereocenters. The van der Waals surface area contributed by atoms with Crippen LogP contribution in [0.2, 0.25) is 5.02 Å². The second-order valence-corrected chi connectivity index (χ2v) is 7.46. The Morgan fingerprint density at radius 3 is 2.62 bits per heavy atom. The van der Waals surface area contributed by atoms with Gasteiger partial charge in [0.05, 0.1) is 12.6 Å². The van der Waals surface area contributed by atoms with Crippen LogP contribution in [0, 0.1) is 0 Å². The molecule has 0 aromatic heterocycles. The van der Waals surface area contributed by atoms with Crippen LogP contribution in [0.3, 0.4) is 0 Å². The molecule has 2 fully saturated rings. The molecule has 0 saturated carbocycles. The van der Waals surface area contributed by atoms with Crippen LogP contribution in [-0.4, -0.2) is 65.5 Å². The van der Waals surface area contributed by atoms with Gasteiger partial charge in [-0.25, -0.2) is 0 Å². The van der Waals surface area contributed by atoms with Gasteiger partial charge in [-0.3, -0.25) is 19.4 Å². The summed E-state index contributed by atoms with van der Waals surface area (Å²) in [5, 5.41) is 13.0. The Hall–Kier alpha value is -1.63. The summed E-state index contributed by atoms with van der Waals surface area (Å²) in [4.78, 5) is 27.8. The molecule has 2 saturated heterocycles. The van der Waals surface area contributed by atoms with Crippen LogP contribution in [0.1, 0.15) is 37.3 Å². The van der Waals surface area contributed by atoms with E-state index in [1.54, 1.807) is 4.90 Å². The normalized spacial score (nSPS) is 22.4. The van der Waals surface area contributed by atoms with E-state index in [1.807, 2.05) is 24.3 Å². The van der Waals surface area contributed by atoms with E-state index < -0.39 is 12.0 Å². The Labute approximate surface area is 159 Å². The van der Waals surface area contributed by atoms with Crippen LogP contribution < -0.4 is 5.32 Å². The highest BCUT2D eigenvalue weighted by Crippen LogP contribution is 2.29. The molecule has 1 aromatic rings. The van der Waals surface area contributed by atoms with Gasteiger partial charge < -0.3 is 10.4 Å². The lowest BCUT2D eigenvalue weighted by Crippen LogP contribution is -2.45. The van der Waals surface area contributed by atoms with E-state index in [4.69, 9.17) is 11.6 Å². The first-order valence-electron chi connectivity index (χ1n) is 9.28. The molecule has 1 unspecified atom stereocenters. The lowest BCUT2D eigenvalue weighted by molar-refractivity contribution is -0.142. The summed E-state index contributed by atoms with van der Waals surface area (Å²) >= 11 is 6.39. The summed E-state index contributed by atoms with van der Waals surface area (Å²) in [5.41, 5.74) is 1.03. The minimum atomic E-state index is -0.846. The Kier molecular flexibility index (Phi) is 6.51. The summed E-state index contributed by atoms with van der Waals surface area (Å²) in [6, 6.07) is 7.27. The van der Waals surface area contributed by atoms with E-state index in [9.17, 15) is 14.7 Å². The maximum absolute atomic E-state index is 12.4. The first-order valence-corrected chi connectivity index (χ1v) is 9.66. The third-order valence-corrected chi connectivity index (χ3v) is 5.68. The third kappa shape index (κ3) is 4.55. The molecule has 26 heavy (non-hydrogen) atoms. The van der Waals surface area contributed by atoms with Crippen molar-refractivity contribution in [2.45, 2.75) is 37.8 Å². The molecule has 1 amide bonds. The molecule has 0 radical (unpaired) electrons. The van der Waals surface area contributed by atoms with Crippen LogP contribution in [0.4, 0.5) is 0 Å². The number of carboxylic acid groups (broad SMARTS) is 1. The fourth-order valence-corrected chi connectivity index (χ4v) is 4.24. The van der Waals surface area contributed by atoms with E-state index >= 15 is 0 Å². The van der Waals surface area contributed by atoms with Crippen LogP contribution in [0.15, 0.2) is 24.3 Å². The summed E-state index contributed by atoms with van der Waals surface area (Å²) in [5.74, 6) is -0.976. The molecule has 7 heteroatoms. The molecule has 2 aliphatic rings. The van der Waals surface area contributed by atoms with Gasteiger partial charge in [-0.1, -0.05) is 29.8 Å². The molecule has 1 aromatic carbocycles. The molecule has 0 bridgehead atoms. The average Bonchev–Trinajstić information content (AvgIpc) is 3.28. The minimum Gasteiger partial charge on any atom is -0.480 e. The van der Waals surface area contributed by atoms with Gasteiger partial charge in [0, 0.05) is 11.6 Å². The lowest BCUT2D eigenvalue weighted by Gasteiger charge is -2.29. The number of likely N-dealkylation sites (tertiary alicyclic amines) is 2. The fraction of sp³-hybridized carbons (Fsp3) is 0.579. The maximum atomic E-state index is 12.4. The molecule has 0 spiro atoms. The van der Waals surface area contributed by atoms with Crippen molar-refractivity contribution in [2.75, 3.05) is 32.7 Å². The first-order chi connectivity index (χ1) is 12.6. The smallest absolute Gasteiger partial charge is 0.320 e. The van der Waals surface area contributed by atoms with Crippen molar-refractivity contribution in [2.24, 2.45) is 0 Å². The van der Waals surface area contributed by atoms with Crippen LogP contribution in [0.25, 0.3) is 0 Å². The number of halogens is 1. The van der Waals surface area contributed by atoms with Gasteiger partial charge >= 0.3 is 5.97 Å². The molecular formula is C19H26ClN3O3. The second kappa shape index (κ2) is 8.84. The largest absolute Gasteiger partial charge is 0.480 e. The van der Waals surface area contributed by atoms with Gasteiger partial charge in [-0.15, -0.1) is 0 Å². The molecule has 142 valence electrons. The standard InChI is InChI=1S/C19H26ClN3O3/c20-15-7-2-1-6-14(15)17(22-9-3-4-10-22)12-21-18(24)13-23-11-5-8-16(23)19(25)26/h1-2,6-7,16-17H,3-5,8-13H2,(H,21,24)(H,25,26)/t16-,17?/m0/s1. The molecule has 6 nitrogen and oxygen atoms in total. The number of carbonyl (C=O) groups excluding carboxylic acids is 1. The minimum absolute atomic E-state index is 0.0454. The van der Waals surface area contributed by atoms with E-state index in [0.29, 0.717) is 24.5 Å². The summed E-state index contributed by atoms with van der Waals surface area (Å²) in [6.07, 6.45) is 3.74. The Morgan fingerprint density at radius 2 is 1.92 bits per heavy atom. The molecular weight excluding hydrogens is 354 g/mol. The van der Waals surface area contributed by atoms with E-state index in [0.717, 1.165) is 37.9 Å². The van der Waals surface area contributed by atoms with Crippen molar-refractivity contribution >= 4 is 23.5 Å². The van der Waals surface area contributed by atoms with Crippen molar-refractivity contribution in [3.8, 4) is 0 Å². The maximum Gasteiger partial charge on any atom is 0.320 e. The van der Waals surface area contributed by atoms with E-state index in [1.165, 1.54) is 0 Å². The van der Waals surface area contributed by atoms with E-state index in [2.05, 4.69) is 10.2 Å². The molecule has 2 heterocycles. The quantitative estimate of drug-likeness (QED) is 0.759. The highest BCUT2D eigenvalue weighted by atomic mass is 35.5. The van der Waals surface area contributed by atoms with Gasteiger partial charge in [-0.2, -0.15) is 0 Å². The molecule has 0 aliphatic carbocycles. The Bertz CT molecular complexity index is 649. The van der Waals surface area contributed by atoms with Crippen LogP contribution >= 0.6 is 11.6 Å². The van der Waals surface area contributed by atoms with Gasteiger partial charge in [-0.05, 0) is 56.9 Å². The van der Waals surface area contributed by atoms with Crippen LogP contribution in [-0.2, 0) is 9.59 Å². The zero-order valence-corrected chi connectivity index (χ0v) is 15.6. The van der Waals surface area contributed by atoms with Crippen LogP contribution in [0.5, 0.6) is 0 Å². The summed E-state index contributed by atoms with van der Waals surface area (Å²) in [7, 11) is 0. The molecule has 3 rings (SSSR count). The topological polar surface area (TPSA) is 72.9 Å². The summed E-state index contributed by atoms with van der Waals surface area (Å²) < 4.78 is 0. The van der Waals surface area contributed by atoms with Crippen molar-refractivity contribution in [3.63, 3.8) is 0 Å². The van der Waals surface area contributed by atoms with Gasteiger partial charge in [0.2, 0.25) is 5.91 Å². The number of nitrogens with zero attached hydrogens (tertiary/aromatic N) is 2. The Morgan fingerprint density at radius 1 is 1.19 bits per heavy atom. The third-order valence-electron chi connectivity index (χ3n) is 5.33. The van der Waals surface area contributed by atoms with Gasteiger partial charge in [0.25, 0.3) is 0 Å². The first kappa shape index (κ1) is 19.1. The van der Waals surface area contributed by atoms with Crippen molar-refractivity contribution in [1.82, 2.24) is 15.1 Å². The number of benzene rings is 1. The van der Waals surface area contributed by atoms with Crippen molar-refractivity contribution in [3.05, 3.63) is 34.9 Å². The Balaban J connectivity index is 1.61. The number of rotatable bonds is 7. The van der Waals surface area contributed by atoms with E-state index in [-0.39, 0.29) is 18.5 Å². The van der Waals surface area contributed by atoms with Gasteiger partial charge in [0.1, 0.15) is 6.04 Å². The number of carbonyl (C=O) groups is 2. The monoisotopic (exact) mass is 379 g/mol. The highest BCUT2D eigenvalue weighted by molar-refractivity contribution is 6.31. The average molecular weight is 380 g/mol. The number of nitrogens with one attached hydrogen (secondary N) is 1. The zero-order valence-electron chi connectivity index (χ0n) is 14.9. The predicted octanol–water partition coefficient (Wildman–Crippen LogP) is 2.14. The fourth-order valence-electron chi connectivity index (χ4n) is 3.98. The second-order valence-electron chi connectivity index (χ2n) is 7.05. The SMILES string of the molecule is O=C(CN1CCC[C@H]1C(=O)O)NCC(c1ccccc1Cl)N1CCCC1. The number of hydrogen-bond acceptors (Lipinski definition) is 4. The number of carboxylic acids is 1. The summed E-state index contributed by atoms with van der Waals surface area (Å²) in [6.45, 7) is 3.27. The highest BCUT2D eigenvalue weighted by Gasteiger charge is 2.32. The predicted molar refractivity (Wildman–Crippen MR) is 100 cm³/mol. The van der Waals surface area contributed by atoms with Gasteiger partial charge in [0.15, 0.2) is 0 Å². The zero-order chi connectivity index (χ0) is 18.5. The number of hydrogen-bond donors (Lipinski definition) is 2. The number of amides is 1. The number of aliphatic carboxylic acids is 1. The molecule has 2 aliphatic heterocycles. The van der Waals surface area contributed by atoms with Crippen molar-refractivity contribution < 1.29 is 14.7 Å². The molecule has 2 N–H and O–H groups in total. The van der Waals surface area contributed by atoms with Crippen molar-refractivity contribution in [1.29, 1.82) is 0 Å².